The van der Waals surface area contributed by atoms with Crippen molar-refractivity contribution in [1.29, 1.82) is 5.26 Å². The molecule has 0 saturated carbocycles. The fourth-order valence-electron chi connectivity index (χ4n) is 1.56. The van der Waals surface area contributed by atoms with E-state index in [9.17, 15) is 4.39 Å². The van der Waals surface area contributed by atoms with Crippen LogP contribution in [-0.2, 0) is 6.61 Å². The Morgan fingerprint density at radius 1 is 1.15 bits per heavy atom. The van der Waals surface area contributed by atoms with Crippen LogP contribution in [0.4, 0.5) is 10.1 Å². The van der Waals surface area contributed by atoms with Crippen LogP contribution in [0.3, 0.4) is 0 Å². The number of hydrogen-bond donors (Lipinski definition) is 1. The van der Waals surface area contributed by atoms with Crippen molar-refractivity contribution < 1.29 is 9.13 Å². The van der Waals surface area contributed by atoms with Crippen LogP contribution in [0.15, 0.2) is 42.5 Å². The molecule has 104 valence electrons. The summed E-state index contributed by atoms with van der Waals surface area (Å²) in [6, 6.07) is 13.2. The van der Waals surface area contributed by atoms with E-state index in [1.54, 1.807) is 36.4 Å². The molecule has 0 heterocycles. The zero-order valence-corrected chi connectivity index (χ0v) is 11.6. The van der Waals surface area contributed by atoms with Crippen molar-refractivity contribution in [2.24, 2.45) is 0 Å². The van der Waals surface area contributed by atoms with Crippen molar-refractivity contribution >= 4 is 5.69 Å². The predicted octanol–water partition coefficient (Wildman–Crippen LogP) is 3.88. The zero-order valence-electron chi connectivity index (χ0n) is 11.6. The monoisotopic (exact) mass is 272 g/mol. The Balaban J connectivity index is 0.000000956. The van der Waals surface area contributed by atoms with E-state index in [2.05, 4.69) is 0 Å². The maximum absolute atomic E-state index is 13.4. The lowest BCUT2D eigenvalue weighted by atomic mass is 10.2. The minimum atomic E-state index is -0.333. The topological polar surface area (TPSA) is 59.0 Å². The summed E-state index contributed by atoms with van der Waals surface area (Å²) in [6.07, 6.45) is 0. The third-order valence-corrected chi connectivity index (χ3v) is 2.51. The quantitative estimate of drug-likeness (QED) is 0.862. The van der Waals surface area contributed by atoms with Crippen molar-refractivity contribution in [3.05, 3.63) is 59.4 Å². The summed E-state index contributed by atoms with van der Waals surface area (Å²) in [5, 5.41) is 8.97. The number of nitrogens with two attached hydrogens (primary N) is 1. The highest BCUT2D eigenvalue weighted by atomic mass is 19.1. The third-order valence-electron chi connectivity index (χ3n) is 2.51. The van der Waals surface area contributed by atoms with Gasteiger partial charge in [0, 0.05) is 5.56 Å². The van der Waals surface area contributed by atoms with Gasteiger partial charge in [-0.05, 0) is 18.2 Å². The average Bonchev–Trinajstić information content (AvgIpc) is 2.48. The number of benzene rings is 2. The number of hydrogen-bond acceptors (Lipinski definition) is 3. The van der Waals surface area contributed by atoms with Gasteiger partial charge in [0.2, 0.25) is 0 Å². The van der Waals surface area contributed by atoms with E-state index in [-0.39, 0.29) is 18.0 Å². The lowest BCUT2D eigenvalue weighted by Crippen LogP contribution is -2.01. The van der Waals surface area contributed by atoms with Crippen LogP contribution < -0.4 is 10.5 Å². The highest BCUT2D eigenvalue weighted by molar-refractivity contribution is 5.60. The van der Waals surface area contributed by atoms with Crippen LogP contribution in [0.1, 0.15) is 25.0 Å². The number of ether oxygens (including phenoxy) is 1. The molecule has 20 heavy (non-hydrogen) atoms. The summed E-state index contributed by atoms with van der Waals surface area (Å²) in [5.41, 5.74) is 6.71. The molecule has 0 aliphatic carbocycles. The van der Waals surface area contributed by atoms with Gasteiger partial charge in [0.05, 0.1) is 5.69 Å². The van der Waals surface area contributed by atoms with Crippen molar-refractivity contribution in [3.8, 4) is 11.8 Å². The second-order valence-electron chi connectivity index (χ2n) is 3.71. The van der Waals surface area contributed by atoms with Crippen molar-refractivity contribution in [2.75, 3.05) is 5.73 Å². The Morgan fingerprint density at radius 3 is 2.50 bits per heavy atom. The smallest absolute Gasteiger partial charge is 0.139 e. The highest BCUT2D eigenvalue weighted by Crippen LogP contribution is 2.24. The van der Waals surface area contributed by atoms with Crippen LogP contribution >= 0.6 is 0 Å². The number of nitriles is 1. The molecule has 0 aliphatic rings. The summed E-state index contributed by atoms with van der Waals surface area (Å²) < 4.78 is 18.8. The Kier molecular flexibility index (Phi) is 6.05. The summed E-state index contributed by atoms with van der Waals surface area (Å²) in [5.74, 6) is 0.0284. The second kappa shape index (κ2) is 7.80. The molecule has 0 atom stereocenters. The molecule has 4 heteroatoms. The summed E-state index contributed by atoms with van der Waals surface area (Å²) in [7, 11) is 0. The molecule has 2 aromatic carbocycles. The largest absolute Gasteiger partial charge is 0.487 e. The first kappa shape index (κ1) is 15.5. The summed E-state index contributed by atoms with van der Waals surface area (Å²) in [6.45, 7) is 4.06. The number of nitrogen functional groups attached to an aromatic ring is 1. The first-order valence-corrected chi connectivity index (χ1v) is 6.37. The van der Waals surface area contributed by atoms with E-state index in [0.717, 1.165) is 0 Å². The maximum Gasteiger partial charge on any atom is 0.139 e. The standard InChI is InChI=1S/C14H11FN2O.C2H6/c15-12-5-2-1-4-10(12)9-18-14-7-3-6-13(17)11(14)8-16;1-2/h1-7H,9,17H2;1-2H3. The SMILES string of the molecule is CC.N#Cc1c(N)cccc1OCc1ccccc1F. The van der Waals surface area contributed by atoms with Gasteiger partial charge in [0.1, 0.15) is 29.8 Å². The normalized spacial score (nSPS) is 9.10. The second-order valence-corrected chi connectivity index (χ2v) is 3.71. The van der Waals surface area contributed by atoms with Crippen LogP contribution in [0.2, 0.25) is 0 Å². The molecule has 2 aromatic rings. The third kappa shape index (κ3) is 3.72. The molecule has 0 unspecified atom stereocenters. The van der Waals surface area contributed by atoms with Gasteiger partial charge >= 0.3 is 0 Å². The molecular formula is C16H17FN2O. The Bertz CT molecular complexity index is 606. The molecule has 0 saturated heterocycles. The predicted molar refractivity (Wildman–Crippen MR) is 77.6 cm³/mol. The van der Waals surface area contributed by atoms with E-state index < -0.39 is 0 Å². The first-order valence-electron chi connectivity index (χ1n) is 6.37. The number of rotatable bonds is 3. The number of halogens is 1. The molecule has 0 aromatic heterocycles. The Labute approximate surface area is 118 Å². The lowest BCUT2D eigenvalue weighted by Gasteiger charge is -2.09. The molecule has 0 fully saturated rings. The van der Waals surface area contributed by atoms with Gasteiger partial charge in [0.25, 0.3) is 0 Å². The zero-order chi connectivity index (χ0) is 15.0. The molecule has 0 bridgehead atoms. The van der Waals surface area contributed by atoms with Crippen LogP contribution in [0, 0.1) is 17.1 Å². The number of anilines is 1. The fourth-order valence-corrected chi connectivity index (χ4v) is 1.56. The molecular weight excluding hydrogens is 255 g/mol. The molecule has 0 aliphatic heterocycles. The Morgan fingerprint density at radius 2 is 1.85 bits per heavy atom. The average molecular weight is 272 g/mol. The minimum absolute atomic E-state index is 0.0603. The van der Waals surface area contributed by atoms with E-state index >= 15 is 0 Å². The lowest BCUT2D eigenvalue weighted by molar-refractivity contribution is 0.299. The van der Waals surface area contributed by atoms with Crippen molar-refractivity contribution in [3.63, 3.8) is 0 Å². The van der Waals surface area contributed by atoms with Crippen molar-refractivity contribution in [1.82, 2.24) is 0 Å². The molecule has 0 amide bonds. The highest BCUT2D eigenvalue weighted by Gasteiger charge is 2.08. The van der Waals surface area contributed by atoms with Gasteiger partial charge in [-0.3, -0.25) is 0 Å². The van der Waals surface area contributed by atoms with Gasteiger partial charge in [-0.1, -0.05) is 38.1 Å². The summed E-state index contributed by atoms with van der Waals surface area (Å²) in [4.78, 5) is 0. The number of nitrogens with zero attached hydrogens (tertiary/aromatic N) is 1. The maximum atomic E-state index is 13.4. The van der Waals surface area contributed by atoms with Crippen molar-refractivity contribution in [2.45, 2.75) is 20.5 Å². The van der Waals surface area contributed by atoms with Gasteiger partial charge in [-0.2, -0.15) is 5.26 Å². The summed E-state index contributed by atoms with van der Waals surface area (Å²) >= 11 is 0. The van der Waals surface area contributed by atoms with E-state index in [1.807, 2.05) is 19.9 Å². The molecule has 0 spiro atoms. The first-order chi connectivity index (χ1) is 9.72. The van der Waals surface area contributed by atoms with Gasteiger partial charge in [-0.15, -0.1) is 0 Å². The van der Waals surface area contributed by atoms with Crippen LogP contribution in [0.25, 0.3) is 0 Å². The van der Waals surface area contributed by atoms with Gasteiger partial charge in [0.15, 0.2) is 0 Å². The van der Waals surface area contributed by atoms with Gasteiger partial charge < -0.3 is 10.5 Å². The Hall–Kier alpha value is -2.54. The van der Waals surface area contributed by atoms with E-state index in [1.165, 1.54) is 6.07 Å². The van der Waals surface area contributed by atoms with Crippen LogP contribution in [0.5, 0.6) is 5.75 Å². The molecule has 0 radical (unpaired) electrons. The minimum Gasteiger partial charge on any atom is -0.487 e. The molecule has 2 N–H and O–H groups in total. The molecule has 2 rings (SSSR count). The fraction of sp³-hybridized carbons (Fsp3) is 0.188. The van der Waals surface area contributed by atoms with E-state index in [0.29, 0.717) is 17.0 Å². The van der Waals surface area contributed by atoms with Crippen LogP contribution in [-0.4, -0.2) is 0 Å². The molecule has 3 nitrogen and oxygen atoms in total. The van der Waals surface area contributed by atoms with Gasteiger partial charge in [-0.25, -0.2) is 4.39 Å². The van der Waals surface area contributed by atoms with E-state index in [4.69, 9.17) is 15.7 Å².